The normalized spacial score (nSPS) is 14.0. The van der Waals surface area contributed by atoms with E-state index in [-0.39, 0.29) is 23.1 Å². The molecule has 1 aliphatic heterocycles. The minimum Gasteiger partial charge on any atom is -0.450 e. The molecule has 1 fully saturated rings. The first-order valence-corrected chi connectivity index (χ1v) is 8.73. The van der Waals surface area contributed by atoms with Gasteiger partial charge in [-0.2, -0.15) is 0 Å². The Balaban J connectivity index is 1.59. The second kappa shape index (κ2) is 8.59. The van der Waals surface area contributed by atoms with Gasteiger partial charge in [-0.15, -0.1) is 0 Å². The van der Waals surface area contributed by atoms with Crippen molar-refractivity contribution < 1.29 is 23.1 Å². The highest BCUT2D eigenvalue weighted by Crippen LogP contribution is 2.19. The lowest BCUT2D eigenvalue weighted by Crippen LogP contribution is -2.50. The van der Waals surface area contributed by atoms with Crippen LogP contribution in [-0.4, -0.2) is 64.6 Å². The number of carbonyl (C=O) groups is 2. The van der Waals surface area contributed by atoms with Gasteiger partial charge < -0.3 is 19.9 Å². The Kier molecular flexibility index (Phi) is 5.97. The number of amides is 2. The number of nitrogens with zero attached hydrogens (tertiary/aromatic N) is 4. The highest BCUT2D eigenvalue weighted by atomic mass is 19.1. The summed E-state index contributed by atoms with van der Waals surface area (Å²) in [5, 5.41) is 2.68. The third-order valence-corrected chi connectivity index (χ3v) is 4.16. The fourth-order valence-electron chi connectivity index (χ4n) is 2.70. The molecule has 2 heterocycles. The van der Waals surface area contributed by atoms with Crippen LogP contribution in [0.3, 0.4) is 0 Å². The Labute approximate surface area is 160 Å². The molecule has 10 heteroatoms. The van der Waals surface area contributed by atoms with E-state index in [0.717, 1.165) is 12.1 Å². The van der Waals surface area contributed by atoms with Gasteiger partial charge >= 0.3 is 6.09 Å². The number of carbonyl (C=O) groups excluding carboxylic acids is 2. The topological polar surface area (TPSA) is 87.7 Å². The van der Waals surface area contributed by atoms with Crippen LogP contribution in [0.1, 0.15) is 17.4 Å². The Morgan fingerprint density at radius 2 is 1.82 bits per heavy atom. The van der Waals surface area contributed by atoms with E-state index in [1.165, 1.54) is 18.5 Å². The van der Waals surface area contributed by atoms with Gasteiger partial charge in [0.05, 0.1) is 24.7 Å². The van der Waals surface area contributed by atoms with Crippen molar-refractivity contribution in [1.29, 1.82) is 0 Å². The van der Waals surface area contributed by atoms with Gasteiger partial charge in [0.25, 0.3) is 5.91 Å². The lowest BCUT2D eigenvalue weighted by molar-refractivity contribution is 0.0565. The van der Waals surface area contributed by atoms with E-state index in [4.69, 9.17) is 4.74 Å². The molecule has 3 rings (SSSR count). The Morgan fingerprint density at radius 1 is 1.11 bits per heavy atom. The number of nitrogens with one attached hydrogen (secondary N) is 1. The predicted molar refractivity (Wildman–Crippen MR) is 96.2 cm³/mol. The van der Waals surface area contributed by atoms with Crippen LogP contribution in [-0.2, 0) is 4.74 Å². The molecule has 0 atom stereocenters. The molecule has 0 bridgehead atoms. The zero-order valence-corrected chi connectivity index (χ0v) is 15.2. The molecular weight excluding hydrogens is 372 g/mol. The first-order valence-electron chi connectivity index (χ1n) is 8.73. The van der Waals surface area contributed by atoms with Crippen LogP contribution in [0, 0.1) is 11.6 Å². The van der Waals surface area contributed by atoms with E-state index in [0.29, 0.717) is 32.8 Å². The minimum atomic E-state index is -0.763. The number of hydrogen-bond acceptors (Lipinski definition) is 6. The standard InChI is InChI=1S/C18H19F2N5O3/c1-2-28-18(27)25-7-5-24(6-8-25)17(26)15-10-22-16(11-21-15)23-14-4-3-12(19)9-13(14)20/h3-4,9-11H,2,5-8H2,1H3,(H,22,23). The molecule has 2 amide bonds. The molecule has 1 N–H and O–H groups in total. The Hall–Kier alpha value is -3.30. The molecule has 1 saturated heterocycles. The lowest BCUT2D eigenvalue weighted by Gasteiger charge is -2.33. The van der Waals surface area contributed by atoms with E-state index < -0.39 is 17.7 Å². The molecule has 0 unspecified atom stereocenters. The van der Waals surface area contributed by atoms with Crippen molar-refractivity contribution in [1.82, 2.24) is 19.8 Å². The van der Waals surface area contributed by atoms with Gasteiger partial charge in [-0.1, -0.05) is 0 Å². The summed E-state index contributed by atoms with van der Waals surface area (Å²) in [6.07, 6.45) is 2.19. The van der Waals surface area contributed by atoms with E-state index in [1.54, 1.807) is 16.7 Å². The molecule has 8 nitrogen and oxygen atoms in total. The van der Waals surface area contributed by atoms with Crippen LogP contribution in [0.15, 0.2) is 30.6 Å². The quantitative estimate of drug-likeness (QED) is 0.861. The summed E-state index contributed by atoms with van der Waals surface area (Å²) < 4.78 is 31.6. The summed E-state index contributed by atoms with van der Waals surface area (Å²) in [5.41, 5.74) is 0.180. The van der Waals surface area contributed by atoms with Crippen molar-refractivity contribution in [2.24, 2.45) is 0 Å². The van der Waals surface area contributed by atoms with Gasteiger partial charge in [-0.05, 0) is 19.1 Å². The van der Waals surface area contributed by atoms with Gasteiger partial charge in [-0.3, -0.25) is 4.79 Å². The average Bonchev–Trinajstić information content (AvgIpc) is 2.70. The fourth-order valence-corrected chi connectivity index (χ4v) is 2.70. The maximum absolute atomic E-state index is 13.7. The second-order valence-electron chi connectivity index (χ2n) is 6.01. The number of aromatic nitrogens is 2. The SMILES string of the molecule is CCOC(=O)N1CCN(C(=O)c2cnc(Nc3ccc(F)cc3F)cn2)CC1. The number of piperazine rings is 1. The van der Waals surface area contributed by atoms with Gasteiger partial charge in [0.2, 0.25) is 0 Å². The van der Waals surface area contributed by atoms with Crippen LogP contribution < -0.4 is 5.32 Å². The summed E-state index contributed by atoms with van der Waals surface area (Å²) in [4.78, 5) is 35.5. The third-order valence-electron chi connectivity index (χ3n) is 4.16. The van der Waals surface area contributed by atoms with E-state index in [1.807, 2.05) is 0 Å². The number of rotatable bonds is 4. The smallest absolute Gasteiger partial charge is 0.409 e. The lowest BCUT2D eigenvalue weighted by atomic mass is 10.3. The largest absolute Gasteiger partial charge is 0.450 e. The van der Waals surface area contributed by atoms with Crippen LogP contribution in [0.4, 0.5) is 25.1 Å². The van der Waals surface area contributed by atoms with Gasteiger partial charge in [0.15, 0.2) is 0 Å². The molecule has 1 aromatic heterocycles. The predicted octanol–water partition coefficient (Wildman–Crippen LogP) is 2.41. The molecule has 28 heavy (non-hydrogen) atoms. The minimum absolute atomic E-state index is 0.0462. The molecule has 2 aromatic rings. The number of benzene rings is 1. The molecular formula is C18H19F2N5O3. The number of ether oxygens (including phenoxy) is 1. The molecule has 0 radical (unpaired) electrons. The molecule has 1 aliphatic rings. The van der Waals surface area contributed by atoms with Gasteiger partial charge in [0.1, 0.15) is 23.1 Å². The summed E-state index contributed by atoms with van der Waals surface area (Å²) in [6, 6.07) is 3.12. The molecule has 0 spiro atoms. The molecule has 148 valence electrons. The highest BCUT2D eigenvalue weighted by Gasteiger charge is 2.26. The van der Waals surface area contributed by atoms with E-state index >= 15 is 0 Å². The number of hydrogen-bond donors (Lipinski definition) is 1. The Bertz CT molecular complexity index is 855. The summed E-state index contributed by atoms with van der Waals surface area (Å²) in [5.74, 6) is -1.54. The van der Waals surface area contributed by atoms with Crippen molar-refractivity contribution in [2.45, 2.75) is 6.92 Å². The van der Waals surface area contributed by atoms with Crippen molar-refractivity contribution in [3.05, 3.63) is 47.9 Å². The first-order chi connectivity index (χ1) is 13.5. The molecule has 0 saturated carbocycles. The maximum atomic E-state index is 13.7. The maximum Gasteiger partial charge on any atom is 0.409 e. The monoisotopic (exact) mass is 391 g/mol. The molecule has 0 aliphatic carbocycles. The second-order valence-corrected chi connectivity index (χ2v) is 6.01. The average molecular weight is 391 g/mol. The summed E-state index contributed by atoms with van der Waals surface area (Å²) >= 11 is 0. The Morgan fingerprint density at radius 3 is 2.43 bits per heavy atom. The van der Waals surface area contributed by atoms with E-state index in [2.05, 4.69) is 15.3 Å². The zero-order valence-electron chi connectivity index (χ0n) is 15.2. The zero-order chi connectivity index (χ0) is 20.1. The highest BCUT2D eigenvalue weighted by molar-refractivity contribution is 5.92. The van der Waals surface area contributed by atoms with Gasteiger partial charge in [-0.25, -0.2) is 23.5 Å². The fraction of sp³-hybridized carbons (Fsp3) is 0.333. The van der Waals surface area contributed by atoms with Crippen LogP contribution in [0.25, 0.3) is 0 Å². The van der Waals surface area contributed by atoms with Crippen molar-refractivity contribution in [2.75, 3.05) is 38.1 Å². The van der Waals surface area contributed by atoms with Crippen LogP contribution >= 0.6 is 0 Å². The van der Waals surface area contributed by atoms with Crippen LogP contribution in [0.2, 0.25) is 0 Å². The summed E-state index contributed by atoms with van der Waals surface area (Å²) in [6.45, 7) is 3.51. The van der Waals surface area contributed by atoms with Gasteiger partial charge in [0, 0.05) is 32.2 Å². The number of anilines is 2. The van der Waals surface area contributed by atoms with Crippen molar-refractivity contribution in [3.63, 3.8) is 0 Å². The third kappa shape index (κ3) is 4.51. The van der Waals surface area contributed by atoms with Crippen molar-refractivity contribution in [3.8, 4) is 0 Å². The molecule has 1 aromatic carbocycles. The van der Waals surface area contributed by atoms with Crippen LogP contribution in [0.5, 0.6) is 0 Å². The summed E-state index contributed by atoms with van der Waals surface area (Å²) in [7, 11) is 0. The van der Waals surface area contributed by atoms with E-state index in [9.17, 15) is 18.4 Å². The first kappa shape index (κ1) is 19.5. The van der Waals surface area contributed by atoms with Crippen molar-refractivity contribution >= 4 is 23.5 Å². The number of halogens is 2.